The van der Waals surface area contributed by atoms with Crippen molar-refractivity contribution in [1.82, 2.24) is 10.2 Å². The van der Waals surface area contributed by atoms with Crippen LogP contribution in [0.15, 0.2) is 22.8 Å². The molecule has 2 fully saturated rings. The lowest BCUT2D eigenvalue weighted by Crippen LogP contribution is -2.56. The first-order chi connectivity index (χ1) is 12.5. The summed E-state index contributed by atoms with van der Waals surface area (Å²) < 4.78 is 10.8. The topological polar surface area (TPSA) is 88.8 Å². The van der Waals surface area contributed by atoms with Gasteiger partial charge in [0.25, 0.3) is 0 Å². The van der Waals surface area contributed by atoms with Gasteiger partial charge in [-0.3, -0.25) is 24.6 Å². The molecule has 2 aliphatic rings. The van der Waals surface area contributed by atoms with E-state index >= 15 is 0 Å². The minimum Gasteiger partial charge on any atom is -0.468 e. The van der Waals surface area contributed by atoms with E-state index in [0.29, 0.717) is 17.9 Å². The number of rotatable bonds is 7. The zero-order valence-electron chi connectivity index (χ0n) is 15.2. The van der Waals surface area contributed by atoms with E-state index in [2.05, 4.69) is 5.32 Å². The molecule has 3 rings (SSSR count). The van der Waals surface area contributed by atoms with E-state index in [1.165, 1.54) is 11.2 Å². The fraction of sp³-hybridized carbons (Fsp3) is 0.611. The number of thioether (sulfide) groups is 1. The third-order valence-corrected chi connectivity index (χ3v) is 5.86. The van der Waals surface area contributed by atoms with E-state index in [-0.39, 0.29) is 25.0 Å². The molecule has 1 aromatic heterocycles. The van der Waals surface area contributed by atoms with Gasteiger partial charge >= 0.3 is 5.97 Å². The van der Waals surface area contributed by atoms with Gasteiger partial charge in [-0.25, -0.2) is 0 Å². The lowest BCUT2D eigenvalue weighted by Gasteiger charge is -2.32. The van der Waals surface area contributed by atoms with Crippen molar-refractivity contribution >= 4 is 29.5 Å². The van der Waals surface area contributed by atoms with Crippen LogP contribution in [0.4, 0.5) is 0 Å². The standard InChI is InChI=1S/C18H24N2O5S/c1-4-20-15(21)12-13(16(20)22)18(8-10-26-3,17(23)24-5-2)19-14(12)11-7-6-9-25-11/h6-7,9,12-14,19H,4-5,8,10H2,1-3H3/t12-,13-,14-,18-/m1/s1. The molecule has 8 heteroatoms. The SMILES string of the molecule is CCOC(=O)[C@]1(CCSC)N[C@H](c2ccco2)[C@@H]2C(=O)N(CC)C(=O)[C@@H]21. The maximum Gasteiger partial charge on any atom is 0.327 e. The zero-order valence-corrected chi connectivity index (χ0v) is 16.0. The van der Waals surface area contributed by atoms with Crippen LogP contribution in [0.2, 0.25) is 0 Å². The number of hydrogen-bond donors (Lipinski definition) is 1. The van der Waals surface area contributed by atoms with Gasteiger partial charge in [0, 0.05) is 6.54 Å². The van der Waals surface area contributed by atoms with Crippen molar-refractivity contribution in [3.05, 3.63) is 24.2 Å². The van der Waals surface area contributed by atoms with Crippen LogP contribution in [-0.4, -0.2) is 53.4 Å². The van der Waals surface area contributed by atoms with Crippen molar-refractivity contribution < 1.29 is 23.5 Å². The molecule has 0 aliphatic carbocycles. The van der Waals surface area contributed by atoms with E-state index < -0.39 is 29.4 Å². The third kappa shape index (κ3) is 2.75. The van der Waals surface area contributed by atoms with Crippen molar-refractivity contribution in [2.24, 2.45) is 11.8 Å². The molecule has 0 bridgehead atoms. The normalized spacial score (nSPS) is 30.7. The second-order valence-electron chi connectivity index (χ2n) is 6.50. The van der Waals surface area contributed by atoms with E-state index in [0.717, 1.165) is 0 Å². The van der Waals surface area contributed by atoms with Gasteiger partial charge in [0.1, 0.15) is 11.3 Å². The van der Waals surface area contributed by atoms with Gasteiger partial charge in [0.15, 0.2) is 0 Å². The number of amides is 2. The number of ether oxygens (including phenoxy) is 1. The predicted molar refractivity (Wildman–Crippen MR) is 96.3 cm³/mol. The Hall–Kier alpha value is -1.80. The Bertz CT molecular complexity index is 692. The Balaban J connectivity index is 2.10. The highest BCUT2D eigenvalue weighted by Gasteiger charge is 2.68. The summed E-state index contributed by atoms with van der Waals surface area (Å²) >= 11 is 1.58. The Morgan fingerprint density at radius 3 is 2.73 bits per heavy atom. The lowest BCUT2D eigenvalue weighted by molar-refractivity contribution is -0.156. The summed E-state index contributed by atoms with van der Waals surface area (Å²) in [7, 11) is 0. The molecule has 2 aliphatic heterocycles. The van der Waals surface area contributed by atoms with Crippen LogP contribution in [0.1, 0.15) is 32.1 Å². The van der Waals surface area contributed by atoms with E-state index in [9.17, 15) is 14.4 Å². The number of nitrogens with one attached hydrogen (secondary N) is 1. The molecule has 1 aromatic rings. The Kier molecular flexibility index (Phi) is 5.43. The molecule has 2 amide bonds. The van der Waals surface area contributed by atoms with Crippen LogP contribution in [-0.2, 0) is 19.1 Å². The molecule has 0 spiro atoms. The van der Waals surface area contributed by atoms with Crippen molar-refractivity contribution in [3.63, 3.8) is 0 Å². The Morgan fingerprint density at radius 1 is 1.38 bits per heavy atom. The first-order valence-corrected chi connectivity index (χ1v) is 10.2. The average Bonchev–Trinajstić information content (AvgIpc) is 3.31. The molecule has 0 aromatic carbocycles. The summed E-state index contributed by atoms with van der Waals surface area (Å²) in [6.07, 6.45) is 3.87. The van der Waals surface area contributed by atoms with Crippen molar-refractivity contribution in [3.8, 4) is 0 Å². The Labute approximate surface area is 156 Å². The zero-order chi connectivity index (χ0) is 18.9. The highest BCUT2D eigenvalue weighted by molar-refractivity contribution is 7.98. The number of hydrogen-bond acceptors (Lipinski definition) is 7. The summed E-state index contributed by atoms with van der Waals surface area (Å²) in [6.45, 7) is 4.00. The second-order valence-corrected chi connectivity index (χ2v) is 7.48. The highest BCUT2D eigenvalue weighted by Crippen LogP contribution is 2.50. The van der Waals surface area contributed by atoms with Crippen LogP contribution >= 0.6 is 11.8 Å². The summed E-state index contributed by atoms with van der Waals surface area (Å²) in [5.41, 5.74) is -1.22. The quantitative estimate of drug-likeness (QED) is 0.568. The van der Waals surface area contributed by atoms with Gasteiger partial charge < -0.3 is 9.15 Å². The number of carbonyl (C=O) groups excluding carboxylic acids is 3. The maximum atomic E-state index is 13.1. The molecule has 1 N–H and O–H groups in total. The third-order valence-electron chi connectivity index (χ3n) is 5.25. The Morgan fingerprint density at radius 2 is 2.15 bits per heavy atom. The molecule has 142 valence electrons. The van der Waals surface area contributed by atoms with Crippen LogP contribution in [0, 0.1) is 11.8 Å². The number of fused-ring (bicyclic) bond motifs is 1. The van der Waals surface area contributed by atoms with Crippen LogP contribution < -0.4 is 5.32 Å². The smallest absolute Gasteiger partial charge is 0.327 e. The van der Waals surface area contributed by atoms with Gasteiger partial charge in [0.05, 0.1) is 30.7 Å². The summed E-state index contributed by atoms with van der Waals surface area (Å²) in [5.74, 6) is -1.28. The van der Waals surface area contributed by atoms with Gasteiger partial charge in [-0.2, -0.15) is 11.8 Å². The van der Waals surface area contributed by atoms with Gasteiger partial charge in [-0.05, 0) is 44.4 Å². The summed E-state index contributed by atoms with van der Waals surface area (Å²) in [5, 5.41) is 3.28. The second kappa shape index (κ2) is 7.44. The first-order valence-electron chi connectivity index (χ1n) is 8.84. The van der Waals surface area contributed by atoms with Crippen molar-refractivity contribution in [2.45, 2.75) is 31.8 Å². The van der Waals surface area contributed by atoms with Gasteiger partial charge in [-0.1, -0.05) is 0 Å². The largest absolute Gasteiger partial charge is 0.468 e. The molecule has 0 radical (unpaired) electrons. The number of imide groups is 1. The molecular weight excluding hydrogens is 356 g/mol. The van der Waals surface area contributed by atoms with Crippen molar-refractivity contribution in [2.75, 3.05) is 25.2 Å². The molecule has 7 nitrogen and oxygen atoms in total. The molecular formula is C18H24N2O5S. The maximum absolute atomic E-state index is 13.1. The summed E-state index contributed by atoms with van der Waals surface area (Å²) in [6, 6.07) is 2.96. The van der Waals surface area contributed by atoms with Gasteiger partial charge in [-0.15, -0.1) is 0 Å². The van der Waals surface area contributed by atoms with E-state index in [1.54, 1.807) is 37.7 Å². The molecule has 3 heterocycles. The van der Waals surface area contributed by atoms with Crippen LogP contribution in [0.5, 0.6) is 0 Å². The molecule has 4 atom stereocenters. The highest BCUT2D eigenvalue weighted by atomic mass is 32.2. The van der Waals surface area contributed by atoms with Gasteiger partial charge in [0.2, 0.25) is 11.8 Å². The fourth-order valence-corrected chi connectivity index (χ4v) is 4.65. The minimum atomic E-state index is -1.22. The van der Waals surface area contributed by atoms with E-state index in [4.69, 9.17) is 9.15 Å². The first kappa shape index (κ1) is 19.0. The number of likely N-dealkylation sites (tertiary alicyclic amines) is 1. The number of furan rings is 1. The molecule has 0 unspecified atom stereocenters. The monoisotopic (exact) mass is 380 g/mol. The fourth-order valence-electron chi connectivity index (χ4n) is 4.13. The van der Waals surface area contributed by atoms with E-state index in [1.807, 2.05) is 6.26 Å². The van der Waals surface area contributed by atoms with Crippen LogP contribution in [0.3, 0.4) is 0 Å². The molecule has 26 heavy (non-hydrogen) atoms. The van der Waals surface area contributed by atoms with Crippen molar-refractivity contribution in [1.29, 1.82) is 0 Å². The van der Waals surface area contributed by atoms with Crippen LogP contribution in [0.25, 0.3) is 0 Å². The number of carbonyl (C=O) groups is 3. The lowest BCUT2D eigenvalue weighted by atomic mass is 9.78. The molecule has 0 saturated carbocycles. The average molecular weight is 380 g/mol. The number of nitrogens with zero attached hydrogens (tertiary/aromatic N) is 1. The predicted octanol–water partition coefficient (Wildman–Crippen LogP) is 1.60. The number of esters is 1. The summed E-state index contributed by atoms with van der Waals surface area (Å²) in [4.78, 5) is 40.2. The minimum absolute atomic E-state index is 0.212. The molecule has 2 saturated heterocycles.